The lowest BCUT2D eigenvalue weighted by atomic mass is 9.67. The van der Waals surface area contributed by atoms with Crippen molar-refractivity contribution in [1.29, 1.82) is 0 Å². The number of hydrogen-bond donors (Lipinski definition) is 2. The van der Waals surface area contributed by atoms with Crippen LogP contribution in [0.25, 0.3) is 0 Å². The molecular weight excluding hydrogens is 210 g/mol. The van der Waals surface area contributed by atoms with Gasteiger partial charge in [0.15, 0.2) is 0 Å². The van der Waals surface area contributed by atoms with Gasteiger partial charge in [0.1, 0.15) is 0 Å². The first-order chi connectivity index (χ1) is 7.77. The van der Waals surface area contributed by atoms with Crippen molar-refractivity contribution in [2.45, 2.75) is 83.4 Å². The summed E-state index contributed by atoms with van der Waals surface area (Å²) >= 11 is 0. The number of rotatable bonds is 1. The van der Waals surface area contributed by atoms with Crippen molar-refractivity contribution in [3.63, 3.8) is 0 Å². The lowest BCUT2D eigenvalue weighted by Crippen LogP contribution is -2.58. The zero-order chi connectivity index (χ0) is 12.7. The molecule has 0 amide bonds. The molecule has 0 bridgehead atoms. The molecule has 0 aromatic carbocycles. The van der Waals surface area contributed by atoms with E-state index in [1.165, 1.54) is 25.7 Å². The SMILES string of the molecule is CC1(C)CC(C2CCC(O)CC2)CC(C)(C)N1. The third-order valence-electron chi connectivity index (χ3n) is 4.63. The molecule has 0 spiro atoms. The van der Waals surface area contributed by atoms with Gasteiger partial charge >= 0.3 is 0 Å². The van der Waals surface area contributed by atoms with Gasteiger partial charge in [-0.05, 0) is 78.1 Å². The van der Waals surface area contributed by atoms with Crippen LogP contribution in [-0.4, -0.2) is 22.3 Å². The quantitative estimate of drug-likeness (QED) is 0.737. The van der Waals surface area contributed by atoms with Crippen LogP contribution in [0.4, 0.5) is 0 Å². The lowest BCUT2D eigenvalue weighted by Gasteiger charge is -2.49. The van der Waals surface area contributed by atoms with Gasteiger partial charge in [-0.1, -0.05) is 0 Å². The second kappa shape index (κ2) is 4.55. The molecule has 17 heavy (non-hydrogen) atoms. The Morgan fingerprint density at radius 2 is 1.29 bits per heavy atom. The van der Waals surface area contributed by atoms with E-state index in [1.807, 2.05) is 0 Å². The molecule has 0 atom stereocenters. The molecule has 2 N–H and O–H groups in total. The highest BCUT2D eigenvalue weighted by atomic mass is 16.3. The standard InChI is InChI=1S/C15H29NO/c1-14(2)9-12(10-15(3,4)16-14)11-5-7-13(17)8-6-11/h11-13,16-17H,5-10H2,1-4H3. The fraction of sp³-hybridized carbons (Fsp3) is 1.00. The minimum atomic E-state index is -0.0195. The molecule has 0 unspecified atom stereocenters. The van der Waals surface area contributed by atoms with Crippen molar-refractivity contribution < 1.29 is 5.11 Å². The molecule has 0 aromatic rings. The van der Waals surface area contributed by atoms with Gasteiger partial charge in [-0.2, -0.15) is 0 Å². The molecule has 2 heteroatoms. The van der Waals surface area contributed by atoms with Crippen LogP contribution in [-0.2, 0) is 0 Å². The molecule has 2 fully saturated rings. The van der Waals surface area contributed by atoms with Crippen LogP contribution in [0, 0.1) is 11.8 Å². The van der Waals surface area contributed by atoms with E-state index in [1.54, 1.807) is 0 Å². The molecule has 0 aromatic heterocycles. The summed E-state index contributed by atoms with van der Waals surface area (Å²) in [5, 5.41) is 13.4. The van der Waals surface area contributed by atoms with E-state index in [0.717, 1.165) is 24.7 Å². The Labute approximate surface area is 106 Å². The number of piperidine rings is 1. The molecule has 2 rings (SSSR count). The van der Waals surface area contributed by atoms with Crippen LogP contribution in [0.5, 0.6) is 0 Å². The largest absolute Gasteiger partial charge is 0.393 e. The smallest absolute Gasteiger partial charge is 0.0540 e. The van der Waals surface area contributed by atoms with Gasteiger partial charge in [-0.15, -0.1) is 0 Å². The van der Waals surface area contributed by atoms with Crippen molar-refractivity contribution in [2.75, 3.05) is 0 Å². The van der Waals surface area contributed by atoms with Crippen molar-refractivity contribution in [1.82, 2.24) is 5.32 Å². The van der Waals surface area contributed by atoms with Gasteiger partial charge in [0.25, 0.3) is 0 Å². The first-order valence-electron chi connectivity index (χ1n) is 7.25. The summed E-state index contributed by atoms with van der Waals surface area (Å²) in [4.78, 5) is 0. The lowest BCUT2D eigenvalue weighted by molar-refractivity contribution is 0.0452. The second-order valence-electron chi connectivity index (χ2n) is 7.63. The van der Waals surface area contributed by atoms with Crippen LogP contribution in [0.3, 0.4) is 0 Å². The fourth-order valence-electron chi connectivity index (χ4n) is 4.31. The molecule has 2 aliphatic rings. The fourth-order valence-corrected chi connectivity index (χ4v) is 4.31. The average molecular weight is 239 g/mol. The maximum absolute atomic E-state index is 9.62. The van der Waals surface area contributed by atoms with E-state index >= 15 is 0 Å². The van der Waals surface area contributed by atoms with Gasteiger partial charge in [0, 0.05) is 11.1 Å². The van der Waals surface area contributed by atoms with Crippen LogP contribution in [0.1, 0.15) is 66.2 Å². The van der Waals surface area contributed by atoms with Crippen LogP contribution in [0.15, 0.2) is 0 Å². The Hall–Kier alpha value is -0.0800. The van der Waals surface area contributed by atoms with Crippen LogP contribution in [0.2, 0.25) is 0 Å². The Balaban J connectivity index is 2.00. The van der Waals surface area contributed by atoms with Crippen LogP contribution >= 0.6 is 0 Å². The molecule has 2 nitrogen and oxygen atoms in total. The normalized spacial score (nSPS) is 37.9. The summed E-state index contributed by atoms with van der Waals surface area (Å²) in [5.74, 6) is 1.69. The molecule has 0 radical (unpaired) electrons. The maximum Gasteiger partial charge on any atom is 0.0540 e. The average Bonchev–Trinajstić information content (AvgIpc) is 2.13. The van der Waals surface area contributed by atoms with E-state index in [-0.39, 0.29) is 17.2 Å². The third-order valence-corrected chi connectivity index (χ3v) is 4.63. The molecule has 1 saturated heterocycles. The van der Waals surface area contributed by atoms with Gasteiger partial charge in [0.05, 0.1) is 6.10 Å². The van der Waals surface area contributed by atoms with E-state index < -0.39 is 0 Å². The summed E-state index contributed by atoms with van der Waals surface area (Å²) in [5.41, 5.74) is 0.533. The molecular formula is C15H29NO. The minimum absolute atomic E-state index is 0.0195. The maximum atomic E-state index is 9.62. The van der Waals surface area contributed by atoms with Gasteiger partial charge < -0.3 is 10.4 Å². The summed E-state index contributed by atoms with van der Waals surface area (Å²) in [6, 6.07) is 0. The summed E-state index contributed by atoms with van der Waals surface area (Å²) in [6.45, 7) is 9.33. The van der Waals surface area contributed by atoms with Gasteiger partial charge in [-0.25, -0.2) is 0 Å². The Morgan fingerprint density at radius 3 is 1.76 bits per heavy atom. The number of hydrogen-bond acceptors (Lipinski definition) is 2. The first-order valence-corrected chi connectivity index (χ1v) is 7.25. The zero-order valence-corrected chi connectivity index (χ0v) is 11.9. The van der Waals surface area contributed by atoms with Crippen molar-refractivity contribution in [3.8, 4) is 0 Å². The summed E-state index contributed by atoms with van der Waals surface area (Å²) < 4.78 is 0. The van der Waals surface area contributed by atoms with Crippen molar-refractivity contribution in [2.24, 2.45) is 11.8 Å². The monoisotopic (exact) mass is 239 g/mol. The number of aliphatic hydroxyl groups is 1. The van der Waals surface area contributed by atoms with E-state index in [9.17, 15) is 5.11 Å². The topological polar surface area (TPSA) is 32.3 Å². The molecule has 1 saturated carbocycles. The van der Waals surface area contributed by atoms with E-state index in [4.69, 9.17) is 0 Å². The minimum Gasteiger partial charge on any atom is -0.393 e. The number of aliphatic hydroxyl groups excluding tert-OH is 1. The predicted molar refractivity (Wildman–Crippen MR) is 72.0 cm³/mol. The third kappa shape index (κ3) is 3.45. The van der Waals surface area contributed by atoms with Crippen LogP contribution < -0.4 is 5.32 Å². The van der Waals surface area contributed by atoms with Crippen molar-refractivity contribution in [3.05, 3.63) is 0 Å². The van der Waals surface area contributed by atoms with E-state index in [0.29, 0.717) is 0 Å². The first kappa shape index (κ1) is 13.4. The van der Waals surface area contributed by atoms with E-state index in [2.05, 4.69) is 33.0 Å². The van der Waals surface area contributed by atoms with Gasteiger partial charge in [-0.3, -0.25) is 0 Å². The highest BCUT2D eigenvalue weighted by Crippen LogP contribution is 2.42. The molecule has 100 valence electrons. The number of nitrogens with one attached hydrogen (secondary N) is 1. The Kier molecular flexibility index (Phi) is 3.57. The second-order valence-corrected chi connectivity index (χ2v) is 7.63. The molecule has 1 aliphatic heterocycles. The predicted octanol–water partition coefficient (Wildman–Crippen LogP) is 3.09. The zero-order valence-electron chi connectivity index (χ0n) is 11.9. The van der Waals surface area contributed by atoms with Crippen molar-refractivity contribution >= 4 is 0 Å². The summed E-state index contributed by atoms with van der Waals surface area (Å²) in [7, 11) is 0. The highest BCUT2D eigenvalue weighted by molar-refractivity contribution is 4.98. The molecule has 1 aliphatic carbocycles. The highest BCUT2D eigenvalue weighted by Gasteiger charge is 2.41. The molecule has 1 heterocycles. The van der Waals surface area contributed by atoms with Gasteiger partial charge in [0.2, 0.25) is 0 Å². The summed E-state index contributed by atoms with van der Waals surface area (Å²) in [6.07, 6.45) is 7.07. The Bertz CT molecular complexity index is 248. The Morgan fingerprint density at radius 1 is 0.824 bits per heavy atom.